The van der Waals surface area contributed by atoms with Crippen molar-refractivity contribution in [2.75, 3.05) is 0 Å². The van der Waals surface area contributed by atoms with Crippen LogP contribution >= 0.6 is 11.3 Å². The molecule has 0 aliphatic rings. The van der Waals surface area contributed by atoms with Crippen LogP contribution < -0.4 is 0 Å². The average molecular weight is 254 g/mol. The van der Waals surface area contributed by atoms with Crippen molar-refractivity contribution in [3.8, 4) is 10.4 Å². The van der Waals surface area contributed by atoms with Crippen molar-refractivity contribution in [2.45, 2.75) is 6.43 Å². The summed E-state index contributed by atoms with van der Waals surface area (Å²) in [6, 6.07) is 9.18. The van der Waals surface area contributed by atoms with Gasteiger partial charge in [0.1, 0.15) is 0 Å². The SMILES string of the molecule is O=C(O)c1cccc(-c2ccc(C(F)F)s2)c1. The second-order valence-corrected chi connectivity index (χ2v) is 4.50. The molecule has 0 atom stereocenters. The molecular weight excluding hydrogens is 246 g/mol. The van der Waals surface area contributed by atoms with Gasteiger partial charge in [0.05, 0.1) is 10.4 Å². The van der Waals surface area contributed by atoms with E-state index in [-0.39, 0.29) is 10.4 Å². The first-order chi connectivity index (χ1) is 8.08. The van der Waals surface area contributed by atoms with E-state index < -0.39 is 12.4 Å². The van der Waals surface area contributed by atoms with Crippen LogP contribution in [0.4, 0.5) is 8.78 Å². The lowest BCUT2D eigenvalue weighted by Crippen LogP contribution is -1.95. The molecule has 17 heavy (non-hydrogen) atoms. The lowest BCUT2D eigenvalue weighted by atomic mass is 10.1. The minimum Gasteiger partial charge on any atom is -0.478 e. The second-order valence-electron chi connectivity index (χ2n) is 3.39. The molecule has 1 aromatic heterocycles. The number of carboxylic acid groups (broad SMARTS) is 1. The molecule has 0 bridgehead atoms. The number of hydrogen-bond acceptors (Lipinski definition) is 2. The first kappa shape index (κ1) is 11.7. The number of carboxylic acids is 1. The number of aromatic carboxylic acids is 1. The fourth-order valence-corrected chi connectivity index (χ4v) is 2.29. The molecule has 0 saturated carbocycles. The molecular formula is C12H8F2O2S. The molecule has 0 amide bonds. The first-order valence-corrected chi connectivity index (χ1v) is 5.61. The topological polar surface area (TPSA) is 37.3 Å². The summed E-state index contributed by atoms with van der Waals surface area (Å²) in [5, 5.41) is 8.83. The van der Waals surface area contributed by atoms with Crippen molar-refractivity contribution >= 4 is 17.3 Å². The highest BCUT2D eigenvalue weighted by Crippen LogP contribution is 2.33. The molecule has 2 nitrogen and oxygen atoms in total. The lowest BCUT2D eigenvalue weighted by molar-refractivity contribution is 0.0697. The molecule has 1 heterocycles. The van der Waals surface area contributed by atoms with Crippen molar-refractivity contribution < 1.29 is 18.7 Å². The third-order valence-corrected chi connectivity index (χ3v) is 3.38. The maximum Gasteiger partial charge on any atom is 0.335 e. The summed E-state index contributed by atoms with van der Waals surface area (Å²) in [5.41, 5.74) is 0.788. The summed E-state index contributed by atoms with van der Waals surface area (Å²) in [7, 11) is 0. The third-order valence-electron chi connectivity index (χ3n) is 2.24. The Morgan fingerprint density at radius 1 is 1.24 bits per heavy atom. The van der Waals surface area contributed by atoms with Gasteiger partial charge in [0.15, 0.2) is 0 Å². The summed E-state index contributed by atoms with van der Waals surface area (Å²) >= 11 is 0.972. The summed E-state index contributed by atoms with van der Waals surface area (Å²) in [6.07, 6.45) is -2.49. The predicted octanol–water partition coefficient (Wildman–Crippen LogP) is 4.05. The van der Waals surface area contributed by atoms with Gasteiger partial charge in [-0.15, -0.1) is 11.3 Å². The van der Waals surface area contributed by atoms with E-state index in [0.717, 1.165) is 11.3 Å². The Morgan fingerprint density at radius 2 is 2.00 bits per heavy atom. The normalized spacial score (nSPS) is 10.8. The van der Waals surface area contributed by atoms with E-state index in [0.29, 0.717) is 10.4 Å². The smallest absolute Gasteiger partial charge is 0.335 e. The summed E-state index contributed by atoms with van der Waals surface area (Å²) in [6.45, 7) is 0. The van der Waals surface area contributed by atoms with Gasteiger partial charge in [-0.3, -0.25) is 0 Å². The molecule has 0 aliphatic heterocycles. The number of rotatable bonds is 3. The quantitative estimate of drug-likeness (QED) is 0.897. The molecule has 0 fully saturated rings. The van der Waals surface area contributed by atoms with E-state index in [2.05, 4.69) is 0 Å². The van der Waals surface area contributed by atoms with E-state index in [1.54, 1.807) is 18.2 Å². The van der Waals surface area contributed by atoms with Gasteiger partial charge in [-0.05, 0) is 29.8 Å². The molecule has 1 N–H and O–H groups in total. The number of halogens is 2. The van der Waals surface area contributed by atoms with Crippen LogP contribution in [0.3, 0.4) is 0 Å². The lowest BCUT2D eigenvalue weighted by Gasteiger charge is -1.99. The highest BCUT2D eigenvalue weighted by molar-refractivity contribution is 7.15. The van der Waals surface area contributed by atoms with Crippen molar-refractivity contribution in [1.82, 2.24) is 0 Å². The molecule has 0 aliphatic carbocycles. The minimum absolute atomic E-state index is 0.0132. The Bertz CT molecular complexity index is 549. The molecule has 0 radical (unpaired) electrons. The molecule has 5 heteroatoms. The monoisotopic (exact) mass is 254 g/mol. The van der Waals surface area contributed by atoms with Crippen LogP contribution in [0.1, 0.15) is 21.7 Å². The van der Waals surface area contributed by atoms with Crippen molar-refractivity contribution in [2.24, 2.45) is 0 Å². The summed E-state index contributed by atoms with van der Waals surface area (Å²) in [4.78, 5) is 11.4. The van der Waals surface area contributed by atoms with Gasteiger partial charge in [-0.1, -0.05) is 12.1 Å². The molecule has 0 unspecified atom stereocenters. The van der Waals surface area contributed by atoms with Crippen LogP contribution in [0, 0.1) is 0 Å². The standard InChI is InChI=1S/C12H8F2O2S/c13-11(14)10-5-4-9(17-10)7-2-1-3-8(6-7)12(15)16/h1-6,11H,(H,15,16). The zero-order chi connectivity index (χ0) is 12.4. The zero-order valence-corrected chi connectivity index (χ0v) is 9.38. The van der Waals surface area contributed by atoms with E-state index in [9.17, 15) is 13.6 Å². The van der Waals surface area contributed by atoms with E-state index in [1.165, 1.54) is 18.2 Å². The third kappa shape index (κ3) is 2.50. The number of thiophene rings is 1. The molecule has 0 spiro atoms. The predicted molar refractivity (Wildman–Crippen MR) is 61.7 cm³/mol. The Hall–Kier alpha value is -1.75. The van der Waals surface area contributed by atoms with Crippen molar-refractivity contribution in [3.63, 3.8) is 0 Å². The molecule has 88 valence electrons. The van der Waals surface area contributed by atoms with Crippen LogP contribution in [-0.4, -0.2) is 11.1 Å². The van der Waals surface area contributed by atoms with Crippen LogP contribution in [0.2, 0.25) is 0 Å². The second kappa shape index (κ2) is 4.63. The highest BCUT2D eigenvalue weighted by atomic mass is 32.1. The van der Waals surface area contributed by atoms with E-state index in [1.807, 2.05) is 0 Å². The Kier molecular flexibility index (Phi) is 3.19. The highest BCUT2D eigenvalue weighted by Gasteiger charge is 2.12. The minimum atomic E-state index is -2.49. The molecule has 2 rings (SSSR count). The Morgan fingerprint density at radius 3 is 2.59 bits per heavy atom. The fraction of sp³-hybridized carbons (Fsp3) is 0.0833. The van der Waals surface area contributed by atoms with Crippen LogP contribution in [0.5, 0.6) is 0 Å². The molecule has 2 aromatic rings. The van der Waals surface area contributed by atoms with Gasteiger partial charge in [0.25, 0.3) is 6.43 Å². The van der Waals surface area contributed by atoms with E-state index >= 15 is 0 Å². The molecule has 0 saturated heterocycles. The van der Waals surface area contributed by atoms with Gasteiger partial charge in [-0.25, -0.2) is 13.6 Å². The summed E-state index contributed by atoms with van der Waals surface area (Å²) < 4.78 is 24.8. The van der Waals surface area contributed by atoms with E-state index in [4.69, 9.17) is 5.11 Å². The number of alkyl halides is 2. The van der Waals surface area contributed by atoms with Gasteiger partial charge in [0.2, 0.25) is 0 Å². The Balaban J connectivity index is 2.38. The largest absolute Gasteiger partial charge is 0.478 e. The van der Waals surface area contributed by atoms with Crippen molar-refractivity contribution in [1.29, 1.82) is 0 Å². The fourth-order valence-electron chi connectivity index (χ4n) is 1.43. The first-order valence-electron chi connectivity index (χ1n) is 4.79. The molecule has 1 aromatic carbocycles. The van der Waals surface area contributed by atoms with Crippen LogP contribution in [-0.2, 0) is 0 Å². The van der Waals surface area contributed by atoms with Crippen molar-refractivity contribution in [3.05, 3.63) is 46.8 Å². The van der Waals surface area contributed by atoms with Gasteiger partial charge >= 0.3 is 5.97 Å². The zero-order valence-electron chi connectivity index (χ0n) is 8.56. The van der Waals surface area contributed by atoms with Crippen LogP contribution in [0.25, 0.3) is 10.4 Å². The maximum absolute atomic E-state index is 12.4. The van der Waals surface area contributed by atoms with Gasteiger partial charge in [-0.2, -0.15) is 0 Å². The Labute approximate surface area is 100 Å². The maximum atomic E-state index is 12.4. The van der Waals surface area contributed by atoms with Gasteiger partial charge in [0, 0.05) is 4.88 Å². The number of benzene rings is 1. The van der Waals surface area contributed by atoms with Crippen LogP contribution in [0.15, 0.2) is 36.4 Å². The average Bonchev–Trinajstić information content (AvgIpc) is 2.78. The number of carbonyl (C=O) groups is 1. The summed E-state index contributed by atoms with van der Waals surface area (Å²) in [5.74, 6) is -1.03. The van der Waals surface area contributed by atoms with Gasteiger partial charge < -0.3 is 5.11 Å². The number of hydrogen-bond donors (Lipinski definition) is 1.